The second-order valence-corrected chi connectivity index (χ2v) is 7.06. The molecule has 3 aromatic carbocycles. The van der Waals surface area contributed by atoms with Crippen LogP contribution in [0.2, 0.25) is 0 Å². The van der Waals surface area contributed by atoms with Gasteiger partial charge in [-0.3, -0.25) is 4.79 Å². The fourth-order valence-corrected chi connectivity index (χ4v) is 4.13. The Morgan fingerprint density at radius 1 is 0.880 bits per heavy atom. The molecule has 0 N–H and O–H groups in total. The number of hydrogen-bond donors (Lipinski definition) is 0. The summed E-state index contributed by atoms with van der Waals surface area (Å²) in [6.45, 7) is 2.00. The Morgan fingerprint density at radius 3 is 2.28 bits per heavy atom. The van der Waals surface area contributed by atoms with E-state index in [-0.39, 0.29) is 11.6 Å². The van der Waals surface area contributed by atoms with Crippen LogP contribution in [0.3, 0.4) is 0 Å². The van der Waals surface area contributed by atoms with Gasteiger partial charge in [0.2, 0.25) is 5.78 Å². The number of hydrogen-bond acceptors (Lipinski definition) is 2. The summed E-state index contributed by atoms with van der Waals surface area (Å²) in [4.78, 5) is 13.8. The Hall–Kier alpha value is -2.78. The first-order chi connectivity index (χ1) is 12.1. The van der Waals surface area contributed by atoms with E-state index in [0.717, 1.165) is 26.8 Å². The number of thiophene rings is 1. The summed E-state index contributed by atoms with van der Waals surface area (Å²) in [6, 6.07) is 21.9. The highest BCUT2D eigenvalue weighted by molar-refractivity contribution is 7.21. The molecule has 0 radical (unpaired) electrons. The van der Waals surface area contributed by atoms with Gasteiger partial charge in [0.25, 0.3) is 0 Å². The fraction of sp³-hybridized carbons (Fsp3) is 0.0455. The lowest BCUT2D eigenvalue weighted by Gasteiger charge is -2.06. The van der Waals surface area contributed by atoms with Crippen LogP contribution in [0.25, 0.3) is 21.2 Å². The van der Waals surface area contributed by atoms with Crippen LogP contribution < -0.4 is 0 Å². The monoisotopic (exact) mass is 346 g/mol. The van der Waals surface area contributed by atoms with E-state index in [1.54, 1.807) is 12.1 Å². The SMILES string of the molecule is Cc1ccc(C(=O)c2sc3ccccc3c2-c2ccc(F)cc2)cc1. The maximum atomic E-state index is 13.3. The molecule has 0 amide bonds. The molecule has 122 valence electrons. The number of ketones is 1. The Morgan fingerprint density at radius 2 is 1.56 bits per heavy atom. The van der Waals surface area contributed by atoms with E-state index in [1.807, 2.05) is 55.5 Å². The van der Waals surface area contributed by atoms with Crippen LogP contribution in [0.1, 0.15) is 20.8 Å². The first-order valence-corrected chi connectivity index (χ1v) is 8.84. The van der Waals surface area contributed by atoms with Crippen LogP contribution in [-0.4, -0.2) is 5.78 Å². The molecule has 0 saturated carbocycles. The van der Waals surface area contributed by atoms with Crippen LogP contribution in [0.4, 0.5) is 4.39 Å². The molecule has 0 fully saturated rings. The third-order valence-corrected chi connectivity index (χ3v) is 5.42. The predicted octanol–water partition coefficient (Wildman–Crippen LogP) is 6.25. The van der Waals surface area contributed by atoms with Gasteiger partial charge < -0.3 is 0 Å². The quantitative estimate of drug-likeness (QED) is 0.401. The highest BCUT2D eigenvalue weighted by Crippen LogP contribution is 2.39. The summed E-state index contributed by atoms with van der Waals surface area (Å²) in [6.07, 6.45) is 0. The second kappa shape index (κ2) is 6.26. The van der Waals surface area contributed by atoms with Crippen LogP contribution in [0.5, 0.6) is 0 Å². The molecule has 4 rings (SSSR count). The topological polar surface area (TPSA) is 17.1 Å². The Balaban J connectivity index is 1.94. The molecule has 1 heterocycles. The number of carbonyl (C=O) groups is 1. The molecule has 0 saturated heterocycles. The Bertz CT molecular complexity index is 1060. The minimum absolute atomic E-state index is 0.000486. The van der Waals surface area contributed by atoms with E-state index in [0.29, 0.717) is 10.4 Å². The first kappa shape index (κ1) is 15.7. The average molecular weight is 346 g/mol. The summed E-state index contributed by atoms with van der Waals surface area (Å²) >= 11 is 1.49. The third kappa shape index (κ3) is 2.87. The Labute approximate surface area is 149 Å². The van der Waals surface area contributed by atoms with E-state index in [9.17, 15) is 9.18 Å². The van der Waals surface area contributed by atoms with Crippen molar-refractivity contribution >= 4 is 27.2 Å². The molecular formula is C22H15FOS. The van der Waals surface area contributed by atoms with Gasteiger partial charge in [-0.25, -0.2) is 4.39 Å². The first-order valence-electron chi connectivity index (χ1n) is 8.02. The number of rotatable bonds is 3. The van der Waals surface area contributed by atoms with E-state index in [1.165, 1.54) is 23.5 Å². The molecule has 25 heavy (non-hydrogen) atoms. The standard InChI is InChI=1S/C22H15FOS/c1-14-6-8-16(9-7-14)21(24)22-20(15-10-12-17(23)13-11-15)18-4-2-3-5-19(18)25-22/h2-13H,1H3. The van der Waals surface area contributed by atoms with Gasteiger partial charge in [-0.15, -0.1) is 11.3 Å². The van der Waals surface area contributed by atoms with Crippen LogP contribution in [-0.2, 0) is 0 Å². The molecule has 0 spiro atoms. The van der Waals surface area contributed by atoms with Crippen molar-refractivity contribution in [3.05, 3.63) is 94.6 Å². The van der Waals surface area contributed by atoms with E-state index >= 15 is 0 Å². The number of halogens is 1. The smallest absolute Gasteiger partial charge is 0.203 e. The average Bonchev–Trinajstić information content (AvgIpc) is 3.02. The molecule has 0 aliphatic carbocycles. The van der Waals surface area contributed by atoms with Crippen molar-refractivity contribution in [1.29, 1.82) is 0 Å². The molecular weight excluding hydrogens is 331 g/mol. The van der Waals surface area contributed by atoms with Gasteiger partial charge in [-0.2, -0.15) is 0 Å². The number of benzene rings is 3. The lowest BCUT2D eigenvalue weighted by Crippen LogP contribution is -2.00. The van der Waals surface area contributed by atoms with Crippen LogP contribution in [0, 0.1) is 12.7 Å². The van der Waals surface area contributed by atoms with Gasteiger partial charge in [0, 0.05) is 21.2 Å². The number of carbonyl (C=O) groups excluding carboxylic acids is 1. The molecule has 4 aromatic rings. The van der Waals surface area contributed by atoms with Crippen LogP contribution >= 0.6 is 11.3 Å². The van der Waals surface area contributed by atoms with Gasteiger partial charge >= 0.3 is 0 Å². The lowest BCUT2D eigenvalue weighted by atomic mass is 9.98. The van der Waals surface area contributed by atoms with E-state index in [2.05, 4.69) is 0 Å². The number of fused-ring (bicyclic) bond motifs is 1. The summed E-state index contributed by atoms with van der Waals surface area (Å²) in [5.74, 6) is -0.282. The highest BCUT2D eigenvalue weighted by atomic mass is 32.1. The third-order valence-electron chi connectivity index (χ3n) is 4.25. The largest absolute Gasteiger partial charge is 0.288 e. The van der Waals surface area contributed by atoms with E-state index in [4.69, 9.17) is 0 Å². The zero-order chi connectivity index (χ0) is 17.4. The summed E-state index contributed by atoms with van der Waals surface area (Å²) in [7, 11) is 0. The van der Waals surface area contributed by atoms with Gasteiger partial charge in [0.15, 0.2) is 0 Å². The molecule has 0 aliphatic rings. The molecule has 3 heteroatoms. The summed E-state index contributed by atoms with van der Waals surface area (Å²) in [5.41, 5.74) is 3.52. The Kier molecular flexibility index (Phi) is 3.94. The molecule has 0 bridgehead atoms. The van der Waals surface area contributed by atoms with Gasteiger partial charge in [0.1, 0.15) is 5.82 Å². The zero-order valence-electron chi connectivity index (χ0n) is 13.6. The molecule has 1 aromatic heterocycles. The maximum absolute atomic E-state index is 13.3. The highest BCUT2D eigenvalue weighted by Gasteiger charge is 2.20. The lowest BCUT2D eigenvalue weighted by molar-refractivity contribution is 0.104. The molecule has 0 aliphatic heterocycles. The van der Waals surface area contributed by atoms with Crippen molar-refractivity contribution < 1.29 is 9.18 Å². The van der Waals surface area contributed by atoms with Crippen molar-refractivity contribution in [2.45, 2.75) is 6.92 Å². The summed E-state index contributed by atoms with van der Waals surface area (Å²) < 4.78 is 14.4. The summed E-state index contributed by atoms with van der Waals surface area (Å²) in [5, 5.41) is 1.02. The van der Waals surface area contributed by atoms with Crippen molar-refractivity contribution in [2.24, 2.45) is 0 Å². The fourth-order valence-electron chi connectivity index (χ4n) is 2.94. The molecule has 0 unspecified atom stereocenters. The van der Waals surface area contributed by atoms with Gasteiger partial charge in [-0.05, 0) is 30.7 Å². The second-order valence-electron chi connectivity index (χ2n) is 6.00. The molecule has 1 nitrogen and oxygen atoms in total. The van der Waals surface area contributed by atoms with Crippen molar-refractivity contribution in [3.8, 4) is 11.1 Å². The van der Waals surface area contributed by atoms with Crippen molar-refractivity contribution in [3.63, 3.8) is 0 Å². The zero-order valence-corrected chi connectivity index (χ0v) is 14.4. The van der Waals surface area contributed by atoms with E-state index < -0.39 is 0 Å². The van der Waals surface area contributed by atoms with Crippen molar-refractivity contribution in [2.75, 3.05) is 0 Å². The van der Waals surface area contributed by atoms with Gasteiger partial charge in [0.05, 0.1) is 4.88 Å². The minimum Gasteiger partial charge on any atom is -0.288 e. The van der Waals surface area contributed by atoms with Crippen molar-refractivity contribution in [1.82, 2.24) is 0 Å². The normalized spacial score (nSPS) is 11.0. The van der Waals surface area contributed by atoms with Crippen LogP contribution in [0.15, 0.2) is 72.8 Å². The predicted molar refractivity (Wildman–Crippen MR) is 102 cm³/mol. The minimum atomic E-state index is -0.283. The maximum Gasteiger partial charge on any atom is 0.203 e. The number of aryl methyl sites for hydroxylation is 1. The van der Waals surface area contributed by atoms with Gasteiger partial charge in [-0.1, -0.05) is 60.2 Å². The molecule has 0 atom stereocenters.